The highest BCUT2D eigenvalue weighted by Gasteiger charge is 2.35. The van der Waals surface area contributed by atoms with Crippen molar-refractivity contribution in [1.29, 1.82) is 0 Å². The van der Waals surface area contributed by atoms with Crippen LogP contribution in [0.1, 0.15) is 22.3 Å². The number of carbonyl (C=O) groups is 2. The van der Waals surface area contributed by atoms with Crippen molar-refractivity contribution in [2.24, 2.45) is 0 Å². The summed E-state index contributed by atoms with van der Waals surface area (Å²) < 4.78 is 19.3. The van der Waals surface area contributed by atoms with E-state index in [1.165, 1.54) is 11.0 Å². The highest BCUT2D eigenvalue weighted by atomic mass is 32.2. The van der Waals surface area contributed by atoms with Crippen molar-refractivity contribution in [2.75, 3.05) is 0 Å². The molecule has 2 amide bonds. The van der Waals surface area contributed by atoms with Crippen LogP contribution in [-0.4, -0.2) is 16.0 Å². The molecule has 3 aromatic carbocycles. The Morgan fingerprint density at radius 3 is 2.32 bits per heavy atom. The lowest BCUT2D eigenvalue weighted by Crippen LogP contribution is -2.27. The lowest BCUT2D eigenvalue weighted by atomic mass is 10.1. The predicted molar refractivity (Wildman–Crippen MR) is 120 cm³/mol. The van der Waals surface area contributed by atoms with Crippen LogP contribution in [0.25, 0.3) is 6.08 Å². The topological polar surface area (TPSA) is 46.6 Å². The van der Waals surface area contributed by atoms with Crippen LogP contribution in [0, 0.1) is 12.7 Å². The van der Waals surface area contributed by atoms with Gasteiger partial charge in [0.2, 0.25) is 0 Å². The Labute approximate surface area is 184 Å². The Balaban J connectivity index is 1.42. The van der Waals surface area contributed by atoms with E-state index in [9.17, 15) is 14.0 Å². The molecule has 0 spiro atoms. The molecule has 0 unspecified atom stereocenters. The van der Waals surface area contributed by atoms with Gasteiger partial charge in [-0.1, -0.05) is 54.6 Å². The van der Waals surface area contributed by atoms with Crippen molar-refractivity contribution in [3.63, 3.8) is 0 Å². The number of carbonyl (C=O) groups excluding carboxylic acids is 2. The van der Waals surface area contributed by atoms with Crippen molar-refractivity contribution in [3.8, 4) is 5.75 Å². The Hall–Kier alpha value is -3.38. The quantitative estimate of drug-likeness (QED) is 0.451. The molecule has 31 heavy (non-hydrogen) atoms. The first-order valence-corrected chi connectivity index (χ1v) is 10.6. The van der Waals surface area contributed by atoms with Crippen LogP contribution in [0.5, 0.6) is 5.75 Å². The number of amides is 2. The number of halogens is 1. The maximum absolute atomic E-state index is 13.7. The van der Waals surface area contributed by atoms with Crippen molar-refractivity contribution in [1.82, 2.24) is 4.90 Å². The zero-order valence-corrected chi connectivity index (χ0v) is 17.7. The van der Waals surface area contributed by atoms with Crippen LogP contribution in [-0.2, 0) is 17.9 Å². The summed E-state index contributed by atoms with van der Waals surface area (Å²) in [5.41, 5.74) is 3.24. The van der Waals surface area contributed by atoms with Gasteiger partial charge in [-0.15, -0.1) is 0 Å². The Morgan fingerprint density at radius 2 is 1.61 bits per heavy atom. The van der Waals surface area contributed by atoms with Crippen molar-refractivity contribution in [3.05, 3.63) is 106 Å². The fourth-order valence-electron chi connectivity index (χ4n) is 3.18. The third-order valence-corrected chi connectivity index (χ3v) is 5.90. The van der Waals surface area contributed by atoms with Crippen molar-refractivity contribution >= 4 is 29.0 Å². The molecule has 3 aromatic rings. The smallest absolute Gasteiger partial charge is 0.293 e. The summed E-state index contributed by atoms with van der Waals surface area (Å²) >= 11 is 0.941. The largest absolute Gasteiger partial charge is 0.489 e. The molecule has 6 heteroatoms. The average Bonchev–Trinajstić information content (AvgIpc) is 3.03. The molecule has 0 aliphatic carbocycles. The van der Waals surface area contributed by atoms with Gasteiger partial charge in [-0.3, -0.25) is 14.5 Å². The molecule has 1 aliphatic rings. The molecule has 1 aliphatic heterocycles. The van der Waals surface area contributed by atoms with Crippen LogP contribution in [0.2, 0.25) is 0 Å². The SMILES string of the molecule is Cc1ccccc1CN1C(=O)S/C(=C\c2ccc(OCc3ccccc3F)cc2)C1=O. The second kappa shape index (κ2) is 9.18. The van der Waals surface area contributed by atoms with Crippen LogP contribution in [0.4, 0.5) is 9.18 Å². The lowest BCUT2D eigenvalue weighted by molar-refractivity contribution is -0.123. The van der Waals surface area contributed by atoms with Gasteiger partial charge in [0.15, 0.2) is 0 Å². The third kappa shape index (κ3) is 4.86. The molecule has 0 aromatic heterocycles. The molecule has 1 saturated heterocycles. The van der Waals surface area contributed by atoms with Crippen LogP contribution in [0.3, 0.4) is 0 Å². The first-order chi connectivity index (χ1) is 15.0. The first-order valence-electron chi connectivity index (χ1n) is 9.77. The summed E-state index contributed by atoms with van der Waals surface area (Å²) in [6, 6.07) is 21.3. The molecular weight excluding hydrogens is 413 g/mol. The number of ether oxygens (including phenoxy) is 1. The van der Waals surface area contributed by atoms with E-state index in [1.807, 2.05) is 31.2 Å². The normalized spacial score (nSPS) is 15.0. The van der Waals surface area contributed by atoms with Crippen molar-refractivity contribution < 1.29 is 18.7 Å². The maximum atomic E-state index is 13.7. The molecular formula is C25H20FNO3S. The minimum atomic E-state index is -0.305. The summed E-state index contributed by atoms with van der Waals surface area (Å²) in [5.74, 6) is -0.00765. The van der Waals surface area contributed by atoms with Gasteiger partial charge in [0.1, 0.15) is 18.2 Å². The summed E-state index contributed by atoms with van der Waals surface area (Å²) in [5, 5.41) is -0.274. The summed E-state index contributed by atoms with van der Waals surface area (Å²) in [4.78, 5) is 26.8. The number of rotatable bonds is 6. The van der Waals surface area contributed by atoms with Gasteiger partial charge in [0.05, 0.1) is 11.4 Å². The second-order valence-electron chi connectivity index (χ2n) is 7.14. The van der Waals surface area contributed by atoms with E-state index in [0.29, 0.717) is 16.2 Å². The standard InChI is InChI=1S/C25H20FNO3S/c1-17-6-2-3-7-19(17)15-27-24(28)23(31-25(27)29)14-18-10-12-21(13-11-18)30-16-20-8-4-5-9-22(20)26/h2-14H,15-16H2,1H3/b23-14-. The molecule has 4 nitrogen and oxygen atoms in total. The van der Waals surface area contributed by atoms with Gasteiger partial charge in [0.25, 0.3) is 11.1 Å². The minimum Gasteiger partial charge on any atom is -0.489 e. The fourth-order valence-corrected chi connectivity index (χ4v) is 4.02. The zero-order valence-electron chi connectivity index (χ0n) is 16.9. The predicted octanol–water partition coefficient (Wildman–Crippen LogP) is 5.95. The highest BCUT2D eigenvalue weighted by molar-refractivity contribution is 8.18. The summed E-state index contributed by atoms with van der Waals surface area (Å²) in [7, 11) is 0. The number of aryl methyl sites for hydroxylation is 1. The molecule has 0 N–H and O–H groups in total. The van der Waals surface area contributed by atoms with E-state index >= 15 is 0 Å². The molecule has 1 heterocycles. The van der Waals surface area contributed by atoms with E-state index < -0.39 is 0 Å². The molecule has 0 atom stereocenters. The minimum absolute atomic E-state index is 0.129. The highest BCUT2D eigenvalue weighted by Crippen LogP contribution is 2.33. The zero-order chi connectivity index (χ0) is 21.8. The fraction of sp³-hybridized carbons (Fsp3) is 0.120. The number of hydrogen-bond acceptors (Lipinski definition) is 4. The van der Waals surface area contributed by atoms with Gasteiger partial charge in [-0.2, -0.15) is 0 Å². The monoisotopic (exact) mass is 433 g/mol. The molecule has 4 rings (SSSR count). The number of imide groups is 1. The third-order valence-electron chi connectivity index (χ3n) is 4.99. The molecule has 0 radical (unpaired) electrons. The second-order valence-corrected chi connectivity index (χ2v) is 8.14. The molecule has 0 saturated carbocycles. The van der Waals surface area contributed by atoms with E-state index in [-0.39, 0.29) is 30.1 Å². The van der Waals surface area contributed by atoms with E-state index in [0.717, 1.165) is 28.5 Å². The summed E-state index contributed by atoms with van der Waals surface area (Å²) in [6.07, 6.45) is 1.70. The Kier molecular flexibility index (Phi) is 6.18. The Bertz CT molecular complexity index is 1160. The number of thioether (sulfide) groups is 1. The van der Waals surface area contributed by atoms with Gasteiger partial charge < -0.3 is 4.74 Å². The number of hydrogen-bond donors (Lipinski definition) is 0. The first kappa shape index (κ1) is 20.9. The number of nitrogens with zero attached hydrogens (tertiary/aromatic N) is 1. The van der Waals surface area contributed by atoms with Gasteiger partial charge in [0, 0.05) is 5.56 Å². The van der Waals surface area contributed by atoms with E-state index in [4.69, 9.17) is 4.74 Å². The number of benzene rings is 3. The van der Waals surface area contributed by atoms with Crippen LogP contribution >= 0.6 is 11.8 Å². The maximum Gasteiger partial charge on any atom is 0.293 e. The van der Waals surface area contributed by atoms with Gasteiger partial charge in [-0.25, -0.2) is 4.39 Å². The average molecular weight is 434 g/mol. The van der Waals surface area contributed by atoms with Crippen LogP contribution in [0.15, 0.2) is 77.7 Å². The van der Waals surface area contributed by atoms with E-state index in [2.05, 4.69) is 0 Å². The summed E-state index contributed by atoms with van der Waals surface area (Å²) in [6.45, 7) is 2.35. The Morgan fingerprint density at radius 1 is 0.935 bits per heavy atom. The molecule has 0 bridgehead atoms. The molecule has 156 valence electrons. The molecule has 1 fully saturated rings. The van der Waals surface area contributed by atoms with Gasteiger partial charge in [-0.05, 0) is 59.7 Å². The van der Waals surface area contributed by atoms with Crippen LogP contribution < -0.4 is 4.74 Å². The lowest BCUT2D eigenvalue weighted by Gasteiger charge is -2.14. The van der Waals surface area contributed by atoms with Crippen molar-refractivity contribution in [2.45, 2.75) is 20.1 Å². The van der Waals surface area contributed by atoms with Gasteiger partial charge >= 0.3 is 0 Å². The van der Waals surface area contributed by atoms with E-state index in [1.54, 1.807) is 48.5 Å².